The van der Waals surface area contributed by atoms with Gasteiger partial charge in [0, 0.05) is 26.6 Å². The lowest BCUT2D eigenvalue weighted by Gasteiger charge is -2.09. The Morgan fingerprint density at radius 1 is 1.16 bits per heavy atom. The summed E-state index contributed by atoms with van der Waals surface area (Å²) in [5.41, 5.74) is 0. The standard InChI is InChI=1S/C10H19N3O6/c1-19-5-4-11-8(15)2-3-12-10(18)13-6-7(14)9(16)17/h7,14H,2-6H2,1H3,(H,11,15)(H,16,17)(H2,12,13,18). The molecule has 0 spiro atoms. The van der Waals surface area contributed by atoms with Crippen molar-refractivity contribution in [3.05, 3.63) is 0 Å². The first-order valence-electron chi connectivity index (χ1n) is 5.65. The second kappa shape index (κ2) is 10.1. The number of ether oxygens (including phenoxy) is 1. The Balaban J connectivity index is 3.57. The lowest BCUT2D eigenvalue weighted by atomic mass is 10.3. The molecule has 0 saturated carbocycles. The molecule has 0 aliphatic rings. The molecule has 5 N–H and O–H groups in total. The van der Waals surface area contributed by atoms with Crippen LogP contribution in [0.4, 0.5) is 4.79 Å². The summed E-state index contributed by atoms with van der Waals surface area (Å²) in [6.07, 6.45) is -1.55. The van der Waals surface area contributed by atoms with Gasteiger partial charge in [0.05, 0.1) is 13.2 Å². The van der Waals surface area contributed by atoms with Crippen LogP contribution in [-0.2, 0) is 14.3 Å². The number of urea groups is 1. The van der Waals surface area contributed by atoms with Gasteiger partial charge in [-0.3, -0.25) is 4.79 Å². The zero-order valence-electron chi connectivity index (χ0n) is 10.6. The first-order chi connectivity index (χ1) is 8.97. The monoisotopic (exact) mass is 277 g/mol. The number of aliphatic hydroxyl groups is 1. The Labute approximate surface area is 110 Å². The third-order valence-electron chi connectivity index (χ3n) is 2.01. The largest absolute Gasteiger partial charge is 0.479 e. The predicted molar refractivity (Wildman–Crippen MR) is 64.5 cm³/mol. The van der Waals surface area contributed by atoms with Gasteiger partial charge >= 0.3 is 12.0 Å². The molecule has 1 atom stereocenters. The third kappa shape index (κ3) is 9.80. The number of hydrogen-bond acceptors (Lipinski definition) is 5. The van der Waals surface area contributed by atoms with Crippen molar-refractivity contribution in [3.8, 4) is 0 Å². The summed E-state index contributed by atoms with van der Waals surface area (Å²) >= 11 is 0. The Morgan fingerprint density at radius 3 is 2.42 bits per heavy atom. The van der Waals surface area contributed by atoms with Crippen LogP contribution in [0.25, 0.3) is 0 Å². The highest BCUT2D eigenvalue weighted by Crippen LogP contribution is 1.81. The maximum atomic E-state index is 11.2. The van der Waals surface area contributed by atoms with E-state index in [0.29, 0.717) is 13.2 Å². The highest BCUT2D eigenvalue weighted by Gasteiger charge is 2.13. The quantitative estimate of drug-likeness (QED) is 0.306. The summed E-state index contributed by atoms with van der Waals surface area (Å²) in [6, 6.07) is -0.648. The number of carboxylic acids is 1. The minimum atomic E-state index is -1.65. The van der Waals surface area contributed by atoms with Gasteiger partial charge in [0.2, 0.25) is 5.91 Å². The average molecular weight is 277 g/mol. The maximum absolute atomic E-state index is 11.2. The van der Waals surface area contributed by atoms with E-state index >= 15 is 0 Å². The van der Waals surface area contributed by atoms with Gasteiger partial charge in [0.1, 0.15) is 0 Å². The number of carbonyl (C=O) groups excluding carboxylic acids is 2. The van der Waals surface area contributed by atoms with Crippen molar-refractivity contribution in [2.24, 2.45) is 0 Å². The number of aliphatic carboxylic acids is 1. The van der Waals surface area contributed by atoms with E-state index in [1.165, 1.54) is 7.11 Å². The summed E-state index contributed by atoms with van der Waals surface area (Å²) in [7, 11) is 1.52. The van der Waals surface area contributed by atoms with E-state index in [1.54, 1.807) is 0 Å². The zero-order valence-corrected chi connectivity index (χ0v) is 10.6. The Bertz CT molecular complexity index is 310. The van der Waals surface area contributed by atoms with Crippen LogP contribution >= 0.6 is 0 Å². The van der Waals surface area contributed by atoms with Gasteiger partial charge in [-0.25, -0.2) is 9.59 Å². The minimum absolute atomic E-state index is 0.0959. The van der Waals surface area contributed by atoms with Crippen LogP contribution in [0.2, 0.25) is 0 Å². The number of aliphatic hydroxyl groups excluding tert-OH is 1. The molecule has 0 aromatic heterocycles. The van der Waals surface area contributed by atoms with Crippen molar-refractivity contribution in [1.29, 1.82) is 0 Å². The van der Waals surface area contributed by atoms with Crippen molar-refractivity contribution in [2.75, 3.05) is 33.4 Å². The molecular formula is C10H19N3O6. The number of hydrogen-bond donors (Lipinski definition) is 5. The molecule has 0 aromatic rings. The smallest absolute Gasteiger partial charge is 0.334 e. The molecule has 110 valence electrons. The molecule has 0 radical (unpaired) electrons. The molecule has 0 aliphatic carbocycles. The molecule has 0 fully saturated rings. The topological polar surface area (TPSA) is 137 Å². The first kappa shape index (κ1) is 17.1. The molecule has 0 bridgehead atoms. The molecule has 0 aromatic carbocycles. The van der Waals surface area contributed by atoms with Crippen LogP contribution in [0.1, 0.15) is 6.42 Å². The van der Waals surface area contributed by atoms with Gasteiger partial charge in [0.25, 0.3) is 0 Å². The Hall–Kier alpha value is -1.87. The number of rotatable bonds is 9. The van der Waals surface area contributed by atoms with Crippen LogP contribution in [0.15, 0.2) is 0 Å². The average Bonchev–Trinajstić information content (AvgIpc) is 2.36. The van der Waals surface area contributed by atoms with Gasteiger partial charge in [-0.1, -0.05) is 0 Å². The first-order valence-corrected chi connectivity index (χ1v) is 5.65. The van der Waals surface area contributed by atoms with Crippen molar-refractivity contribution >= 4 is 17.9 Å². The molecule has 9 nitrogen and oxygen atoms in total. The van der Waals surface area contributed by atoms with E-state index in [2.05, 4.69) is 16.0 Å². The SMILES string of the molecule is COCCNC(=O)CCNC(=O)NCC(O)C(=O)O. The van der Waals surface area contributed by atoms with E-state index in [9.17, 15) is 14.4 Å². The lowest BCUT2D eigenvalue weighted by molar-refractivity contribution is -0.146. The summed E-state index contributed by atoms with van der Waals surface area (Å²) in [6.45, 7) is 0.508. The summed E-state index contributed by atoms with van der Waals surface area (Å²) in [4.78, 5) is 32.6. The maximum Gasteiger partial charge on any atom is 0.334 e. The molecule has 0 rings (SSSR count). The minimum Gasteiger partial charge on any atom is -0.479 e. The van der Waals surface area contributed by atoms with Gasteiger partial charge in [-0.05, 0) is 0 Å². The Kier molecular flexibility index (Phi) is 9.10. The van der Waals surface area contributed by atoms with Crippen LogP contribution in [0.5, 0.6) is 0 Å². The second-order valence-corrected chi connectivity index (χ2v) is 3.58. The molecule has 9 heteroatoms. The third-order valence-corrected chi connectivity index (χ3v) is 2.01. The number of amides is 3. The summed E-state index contributed by atoms with van der Waals surface area (Å²) in [5.74, 6) is -1.65. The van der Waals surface area contributed by atoms with E-state index < -0.39 is 24.6 Å². The van der Waals surface area contributed by atoms with Crippen molar-refractivity contribution in [1.82, 2.24) is 16.0 Å². The van der Waals surface area contributed by atoms with Gasteiger partial charge in [-0.2, -0.15) is 0 Å². The lowest BCUT2D eigenvalue weighted by Crippen LogP contribution is -2.43. The molecular weight excluding hydrogens is 258 g/mol. The number of methoxy groups -OCH3 is 1. The van der Waals surface area contributed by atoms with Crippen LogP contribution in [0, 0.1) is 0 Å². The summed E-state index contributed by atoms with van der Waals surface area (Å²) in [5, 5.41) is 24.3. The fraction of sp³-hybridized carbons (Fsp3) is 0.700. The highest BCUT2D eigenvalue weighted by atomic mass is 16.5. The van der Waals surface area contributed by atoms with Gasteiger partial charge in [-0.15, -0.1) is 0 Å². The number of carbonyl (C=O) groups is 3. The number of carboxylic acid groups (broad SMARTS) is 1. The van der Waals surface area contributed by atoms with Crippen molar-refractivity contribution in [2.45, 2.75) is 12.5 Å². The molecule has 19 heavy (non-hydrogen) atoms. The molecule has 1 unspecified atom stereocenters. The van der Waals surface area contributed by atoms with E-state index in [0.717, 1.165) is 0 Å². The fourth-order valence-electron chi connectivity index (χ4n) is 1.01. The van der Waals surface area contributed by atoms with Crippen molar-refractivity contribution < 1.29 is 29.3 Å². The fourth-order valence-corrected chi connectivity index (χ4v) is 1.01. The normalized spacial score (nSPS) is 11.5. The molecule has 0 saturated heterocycles. The van der Waals surface area contributed by atoms with E-state index in [1.807, 2.05) is 0 Å². The van der Waals surface area contributed by atoms with E-state index in [4.69, 9.17) is 14.9 Å². The zero-order chi connectivity index (χ0) is 14.7. The molecule has 0 aliphatic heterocycles. The summed E-state index contributed by atoms with van der Waals surface area (Å²) < 4.78 is 4.74. The highest BCUT2D eigenvalue weighted by molar-refractivity contribution is 5.78. The second-order valence-electron chi connectivity index (χ2n) is 3.58. The van der Waals surface area contributed by atoms with Gasteiger partial charge in [0.15, 0.2) is 6.10 Å². The predicted octanol–water partition coefficient (Wildman–Crippen LogP) is -2.12. The Morgan fingerprint density at radius 2 is 1.84 bits per heavy atom. The van der Waals surface area contributed by atoms with Crippen LogP contribution in [-0.4, -0.2) is 67.6 Å². The van der Waals surface area contributed by atoms with Crippen molar-refractivity contribution in [3.63, 3.8) is 0 Å². The molecule has 0 heterocycles. The number of nitrogens with one attached hydrogen (secondary N) is 3. The molecule has 3 amide bonds. The van der Waals surface area contributed by atoms with Gasteiger partial charge < -0.3 is 30.9 Å². The van der Waals surface area contributed by atoms with Crippen LogP contribution < -0.4 is 16.0 Å². The van der Waals surface area contributed by atoms with Crippen LogP contribution in [0.3, 0.4) is 0 Å². The van der Waals surface area contributed by atoms with E-state index in [-0.39, 0.29) is 18.9 Å².